The van der Waals surface area contributed by atoms with Crippen molar-refractivity contribution < 1.29 is 4.79 Å². The summed E-state index contributed by atoms with van der Waals surface area (Å²) < 4.78 is 1.85. The van der Waals surface area contributed by atoms with Gasteiger partial charge < -0.3 is 4.57 Å². The lowest BCUT2D eigenvalue weighted by Gasteiger charge is -2.01. The van der Waals surface area contributed by atoms with Crippen LogP contribution in [0.2, 0.25) is 0 Å². The maximum atomic E-state index is 11.6. The molecule has 0 aromatic carbocycles. The molecule has 72 valence electrons. The summed E-state index contributed by atoms with van der Waals surface area (Å²) in [5.41, 5.74) is 2.30. The molecule has 2 heterocycles. The monoisotopic (exact) mass is 189 g/mol. The van der Waals surface area contributed by atoms with Crippen LogP contribution in [-0.2, 0) is 7.05 Å². The van der Waals surface area contributed by atoms with Gasteiger partial charge in [0.25, 0.3) is 0 Å². The van der Waals surface area contributed by atoms with Gasteiger partial charge in [0, 0.05) is 19.7 Å². The van der Waals surface area contributed by atoms with E-state index in [1.54, 1.807) is 18.7 Å². The van der Waals surface area contributed by atoms with Crippen LogP contribution in [-0.4, -0.2) is 20.3 Å². The van der Waals surface area contributed by atoms with Crippen molar-refractivity contribution in [2.45, 2.75) is 13.3 Å². The smallest absolute Gasteiger partial charge is 0.166 e. The third kappa shape index (κ3) is 1.19. The van der Waals surface area contributed by atoms with Gasteiger partial charge in [0.1, 0.15) is 5.52 Å². The summed E-state index contributed by atoms with van der Waals surface area (Å²) in [5, 5.41) is 0. The second kappa shape index (κ2) is 3.21. The SMILES string of the molecule is CCC(=O)c1cncc2ncn(C)c12. The number of nitrogens with zero attached hydrogens (tertiary/aromatic N) is 3. The first-order valence-electron chi connectivity index (χ1n) is 4.52. The van der Waals surface area contributed by atoms with Crippen LogP contribution < -0.4 is 0 Å². The van der Waals surface area contributed by atoms with Crippen molar-refractivity contribution in [2.24, 2.45) is 7.05 Å². The zero-order valence-corrected chi connectivity index (χ0v) is 8.19. The predicted octanol–water partition coefficient (Wildman–Crippen LogP) is 1.56. The molecule has 0 spiro atoms. The lowest BCUT2D eigenvalue weighted by atomic mass is 10.1. The Morgan fingerprint density at radius 2 is 2.29 bits per heavy atom. The van der Waals surface area contributed by atoms with Gasteiger partial charge in [0.2, 0.25) is 0 Å². The highest BCUT2D eigenvalue weighted by atomic mass is 16.1. The molecule has 0 N–H and O–H groups in total. The van der Waals surface area contributed by atoms with Crippen LogP contribution in [0.5, 0.6) is 0 Å². The zero-order valence-electron chi connectivity index (χ0n) is 8.19. The molecule has 2 aromatic rings. The summed E-state index contributed by atoms with van der Waals surface area (Å²) in [5.74, 6) is 0.103. The Bertz CT molecular complexity index is 487. The number of ketones is 1. The third-order valence-electron chi connectivity index (χ3n) is 2.24. The summed E-state index contributed by atoms with van der Waals surface area (Å²) in [6, 6.07) is 0. The largest absolute Gasteiger partial charge is 0.333 e. The van der Waals surface area contributed by atoms with Crippen LogP contribution in [0.1, 0.15) is 23.7 Å². The second-order valence-electron chi connectivity index (χ2n) is 3.19. The number of aromatic nitrogens is 3. The number of imidazole rings is 1. The van der Waals surface area contributed by atoms with E-state index in [0.29, 0.717) is 12.0 Å². The van der Waals surface area contributed by atoms with E-state index in [2.05, 4.69) is 9.97 Å². The minimum Gasteiger partial charge on any atom is -0.333 e. The molecule has 0 saturated heterocycles. The van der Waals surface area contributed by atoms with Crippen LogP contribution in [0.25, 0.3) is 11.0 Å². The molecule has 0 radical (unpaired) electrons. The molecular formula is C10H11N3O. The van der Waals surface area contributed by atoms with Crippen LogP contribution in [0, 0.1) is 0 Å². The molecule has 0 aliphatic rings. The zero-order chi connectivity index (χ0) is 10.1. The topological polar surface area (TPSA) is 47.8 Å². The van der Waals surface area contributed by atoms with Crippen molar-refractivity contribution in [3.63, 3.8) is 0 Å². The number of pyridine rings is 1. The molecule has 0 bridgehead atoms. The van der Waals surface area contributed by atoms with Gasteiger partial charge in [-0.2, -0.15) is 0 Å². The lowest BCUT2D eigenvalue weighted by molar-refractivity contribution is 0.0989. The highest BCUT2D eigenvalue weighted by Gasteiger charge is 2.11. The molecule has 2 rings (SSSR count). The number of carbonyl (C=O) groups is 1. The van der Waals surface area contributed by atoms with E-state index in [0.717, 1.165) is 11.0 Å². The number of rotatable bonds is 2. The van der Waals surface area contributed by atoms with E-state index in [9.17, 15) is 4.79 Å². The average Bonchev–Trinajstić information content (AvgIpc) is 2.59. The number of hydrogen-bond acceptors (Lipinski definition) is 3. The summed E-state index contributed by atoms with van der Waals surface area (Å²) in [7, 11) is 1.88. The van der Waals surface area contributed by atoms with Crippen LogP contribution in [0.4, 0.5) is 0 Å². The number of aryl methyl sites for hydroxylation is 1. The minimum atomic E-state index is 0.103. The van der Waals surface area contributed by atoms with E-state index < -0.39 is 0 Å². The van der Waals surface area contributed by atoms with Crippen molar-refractivity contribution >= 4 is 16.8 Å². The molecule has 0 atom stereocenters. The Balaban J connectivity index is 2.75. The maximum absolute atomic E-state index is 11.6. The highest BCUT2D eigenvalue weighted by molar-refractivity contribution is 6.05. The molecule has 0 fully saturated rings. The molecule has 4 nitrogen and oxygen atoms in total. The fraction of sp³-hybridized carbons (Fsp3) is 0.300. The maximum Gasteiger partial charge on any atom is 0.166 e. The van der Waals surface area contributed by atoms with Gasteiger partial charge in [-0.15, -0.1) is 0 Å². The van der Waals surface area contributed by atoms with Crippen LogP contribution >= 0.6 is 0 Å². The van der Waals surface area contributed by atoms with Crippen molar-refractivity contribution in [2.75, 3.05) is 0 Å². The van der Waals surface area contributed by atoms with Crippen molar-refractivity contribution in [1.82, 2.24) is 14.5 Å². The number of carbonyl (C=O) groups excluding carboxylic acids is 1. The van der Waals surface area contributed by atoms with Gasteiger partial charge in [0.05, 0.1) is 23.6 Å². The van der Waals surface area contributed by atoms with Gasteiger partial charge in [-0.05, 0) is 0 Å². The standard InChI is InChI=1S/C10H11N3O/c1-3-9(14)7-4-11-5-8-10(7)13(2)6-12-8/h4-6H,3H2,1-2H3. The van der Waals surface area contributed by atoms with Gasteiger partial charge >= 0.3 is 0 Å². The first-order chi connectivity index (χ1) is 6.74. The molecular weight excluding hydrogens is 178 g/mol. The second-order valence-corrected chi connectivity index (χ2v) is 3.19. The van der Waals surface area contributed by atoms with E-state index >= 15 is 0 Å². The van der Waals surface area contributed by atoms with Crippen LogP contribution in [0.3, 0.4) is 0 Å². The Hall–Kier alpha value is -1.71. The predicted molar refractivity (Wildman–Crippen MR) is 53.1 cm³/mol. The molecule has 2 aromatic heterocycles. The fourth-order valence-electron chi connectivity index (χ4n) is 1.51. The van der Waals surface area contributed by atoms with E-state index in [4.69, 9.17) is 0 Å². The Morgan fingerprint density at radius 1 is 1.50 bits per heavy atom. The van der Waals surface area contributed by atoms with E-state index in [1.807, 2.05) is 18.5 Å². The molecule has 0 saturated carbocycles. The quantitative estimate of drug-likeness (QED) is 0.673. The van der Waals surface area contributed by atoms with Gasteiger partial charge in [-0.3, -0.25) is 9.78 Å². The van der Waals surface area contributed by atoms with Crippen molar-refractivity contribution in [3.05, 3.63) is 24.3 Å². The summed E-state index contributed by atoms with van der Waals surface area (Å²) >= 11 is 0. The number of Topliss-reactive ketones (excluding diaryl/α,β-unsaturated/α-hetero) is 1. The summed E-state index contributed by atoms with van der Waals surface area (Å²) in [6.07, 6.45) is 5.46. The average molecular weight is 189 g/mol. The first kappa shape index (κ1) is 8.87. The fourth-order valence-corrected chi connectivity index (χ4v) is 1.51. The lowest BCUT2D eigenvalue weighted by Crippen LogP contribution is -2.01. The number of hydrogen-bond donors (Lipinski definition) is 0. The van der Waals surface area contributed by atoms with E-state index in [1.165, 1.54) is 0 Å². The Morgan fingerprint density at radius 3 is 3.00 bits per heavy atom. The Kier molecular flexibility index (Phi) is 2.04. The molecule has 0 aliphatic carbocycles. The van der Waals surface area contributed by atoms with Crippen LogP contribution in [0.15, 0.2) is 18.7 Å². The van der Waals surface area contributed by atoms with Crippen molar-refractivity contribution in [1.29, 1.82) is 0 Å². The highest BCUT2D eigenvalue weighted by Crippen LogP contribution is 2.16. The van der Waals surface area contributed by atoms with E-state index in [-0.39, 0.29) is 5.78 Å². The van der Waals surface area contributed by atoms with Gasteiger partial charge in [0.15, 0.2) is 5.78 Å². The summed E-state index contributed by atoms with van der Waals surface area (Å²) in [4.78, 5) is 19.7. The number of fused-ring (bicyclic) bond motifs is 1. The van der Waals surface area contributed by atoms with Gasteiger partial charge in [-0.25, -0.2) is 4.98 Å². The molecule has 14 heavy (non-hydrogen) atoms. The van der Waals surface area contributed by atoms with Gasteiger partial charge in [-0.1, -0.05) is 6.92 Å². The van der Waals surface area contributed by atoms with Crippen molar-refractivity contribution in [3.8, 4) is 0 Å². The molecule has 0 aliphatic heterocycles. The molecule has 0 unspecified atom stereocenters. The first-order valence-corrected chi connectivity index (χ1v) is 4.52. The third-order valence-corrected chi connectivity index (χ3v) is 2.24. The molecule has 4 heteroatoms. The molecule has 0 amide bonds. The summed E-state index contributed by atoms with van der Waals surface area (Å²) in [6.45, 7) is 1.84. The minimum absolute atomic E-state index is 0.103. The Labute approximate surface area is 81.6 Å². The normalized spacial score (nSPS) is 10.7.